The fraction of sp³-hybridized carbons (Fsp3) is 0.963. The average Bonchev–Trinajstić information content (AvgIpc) is 2.99. The number of likely N-dealkylation sites (N-methyl/N-ethyl adjacent to an activating group) is 1. The minimum atomic E-state index is -0.285. The molecule has 0 saturated heterocycles. The number of nitrogens with one attached hydrogen (secondary N) is 1. The Morgan fingerprint density at radius 1 is 0.390 bits per heavy atom. The summed E-state index contributed by atoms with van der Waals surface area (Å²) in [7, 11) is 3.25. The number of carbonyl (C=O) groups is 1. The highest BCUT2D eigenvalue weighted by Crippen LogP contribution is 1.88. The Morgan fingerprint density at radius 2 is 0.610 bits per heavy atom. The first kappa shape index (κ1) is 40.0. The van der Waals surface area contributed by atoms with Crippen molar-refractivity contribution in [3.05, 3.63) is 0 Å². The Kier molecular flexibility index (Phi) is 36.1. The van der Waals surface area contributed by atoms with E-state index >= 15 is 0 Å². The highest BCUT2D eigenvalue weighted by atomic mass is 16.6. The number of carbonyl (C=O) groups excluding carboxylic acids is 1. The first-order chi connectivity index (χ1) is 20.3. The van der Waals surface area contributed by atoms with Gasteiger partial charge in [0.2, 0.25) is 0 Å². The van der Waals surface area contributed by atoms with Gasteiger partial charge in [0.1, 0.15) is 0 Å². The SMILES string of the molecule is CNCCOCCOCCOCCOCCOCCOCCOCCOCCOCCOCCOCCC(=O)OC. The summed E-state index contributed by atoms with van der Waals surface area (Å²) < 4.78 is 64.0. The van der Waals surface area contributed by atoms with Crippen molar-refractivity contribution in [2.75, 3.05) is 166 Å². The molecule has 0 aliphatic carbocycles. The van der Waals surface area contributed by atoms with E-state index in [0.29, 0.717) is 145 Å². The molecule has 0 aliphatic heterocycles. The second kappa shape index (κ2) is 37.0. The molecule has 14 heteroatoms. The zero-order chi connectivity index (χ0) is 29.7. The summed E-state index contributed by atoms with van der Waals surface area (Å²) in [6, 6.07) is 0. The Labute approximate surface area is 245 Å². The summed E-state index contributed by atoms with van der Waals surface area (Å²) in [5, 5.41) is 3.01. The predicted octanol–water partition coefficient (Wildman–Crippen LogP) is -0.0485. The highest BCUT2D eigenvalue weighted by molar-refractivity contribution is 5.69. The van der Waals surface area contributed by atoms with Crippen LogP contribution in [0.1, 0.15) is 6.42 Å². The highest BCUT2D eigenvalue weighted by Gasteiger charge is 1.99. The zero-order valence-corrected chi connectivity index (χ0v) is 25.3. The summed E-state index contributed by atoms with van der Waals surface area (Å²) in [4.78, 5) is 10.9. The lowest BCUT2D eigenvalue weighted by molar-refractivity contribution is -0.141. The number of rotatable bonds is 36. The van der Waals surface area contributed by atoms with E-state index < -0.39 is 0 Å². The normalized spacial score (nSPS) is 11.4. The third-order valence-corrected chi connectivity index (χ3v) is 4.89. The van der Waals surface area contributed by atoms with Crippen LogP contribution in [0.3, 0.4) is 0 Å². The molecule has 0 aromatic heterocycles. The number of methoxy groups -OCH3 is 1. The van der Waals surface area contributed by atoms with Gasteiger partial charge in [-0.15, -0.1) is 0 Å². The topological polar surface area (TPSA) is 140 Å². The van der Waals surface area contributed by atoms with Crippen LogP contribution in [0.15, 0.2) is 0 Å². The molecule has 0 amide bonds. The molecule has 0 aromatic carbocycles. The van der Waals surface area contributed by atoms with Gasteiger partial charge in [0.05, 0.1) is 159 Å². The molecule has 41 heavy (non-hydrogen) atoms. The van der Waals surface area contributed by atoms with E-state index in [1.165, 1.54) is 7.11 Å². The number of hydrogen-bond acceptors (Lipinski definition) is 14. The lowest BCUT2D eigenvalue weighted by Crippen LogP contribution is -2.17. The second-order valence-corrected chi connectivity index (χ2v) is 8.17. The minimum Gasteiger partial charge on any atom is -0.469 e. The van der Waals surface area contributed by atoms with Crippen LogP contribution >= 0.6 is 0 Å². The summed E-state index contributed by atoms with van der Waals surface area (Å²) in [6.07, 6.45) is 0.246. The Hall–Kier alpha value is -1.01. The van der Waals surface area contributed by atoms with Gasteiger partial charge in [0.15, 0.2) is 0 Å². The average molecular weight is 602 g/mol. The molecule has 14 nitrogen and oxygen atoms in total. The zero-order valence-electron chi connectivity index (χ0n) is 25.3. The van der Waals surface area contributed by atoms with Crippen molar-refractivity contribution >= 4 is 5.97 Å². The molecule has 0 aliphatic rings. The number of esters is 1. The Morgan fingerprint density at radius 3 is 0.829 bits per heavy atom. The molecule has 0 saturated carbocycles. The lowest BCUT2D eigenvalue weighted by atomic mass is 10.5. The molecule has 0 spiro atoms. The quantitative estimate of drug-likeness (QED) is 0.0758. The Bertz CT molecular complexity index is 506. The van der Waals surface area contributed by atoms with Gasteiger partial charge in [-0.3, -0.25) is 4.79 Å². The first-order valence-corrected chi connectivity index (χ1v) is 14.4. The molecule has 0 aromatic rings. The maximum Gasteiger partial charge on any atom is 0.307 e. The van der Waals surface area contributed by atoms with Gasteiger partial charge < -0.3 is 62.2 Å². The molecule has 0 rings (SSSR count). The van der Waals surface area contributed by atoms with Crippen molar-refractivity contribution in [1.29, 1.82) is 0 Å². The smallest absolute Gasteiger partial charge is 0.307 e. The van der Waals surface area contributed by atoms with Gasteiger partial charge in [0, 0.05) is 6.54 Å². The van der Waals surface area contributed by atoms with Crippen molar-refractivity contribution in [3.8, 4) is 0 Å². The monoisotopic (exact) mass is 601 g/mol. The van der Waals surface area contributed by atoms with E-state index in [-0.39, 0.29) is 12.4 Å². The Balaban J connectivity index is 3.04. The summed E-state index contributed by atoms with van der Waals surface area (Å²) in [5.74, 6) is -0.285. The molecule has 1 N–H and O–H groups in total. The van der Waals surface area contributed by atoms with Crippen LogP contribution in [0.4, 0.5) is 0 Å². The third-order valence-electron chi connectivity index (χ3n) is 4.89. The molecular formula is C27H55NO13. The van der Waals surface area contributed by atoms with Crippen molar-refractivity contribution < 1.29 is 61.6 Å². The van der Waals surface area contributed by atoms with Crippen LogP contribution in [0.2, 0.25) is 0 Å². The van der Waals surface area contributed by atoms with Gasteiger partial charge in [0.25, 0.3) is 0 Å². The van der Waals surface area contributed by atoms with E-state index in [9.17, 15) is 4.79 Å². The fourth-order valence-electron chi connectivity index (χ4n) is 2.73. The fourth-order valence-corrected chi connectivity index (χ4v) is 2.73. The molecule has 0 fully saturated rings. The maximum absolute atomic E-state index is 10.9. The van der Waals surface area contributed by atoms with Crippen molar-refractivity contribution in [1.82, 2.24) is 5.32 Å². The number of hydrogen-bond donors (Lipinski definition) is 1. The molecular weight excluding hydrogens is 546 g/mol. The van der Waals surface area contributed by atoms with E-state index in [2.05, 4.69) is 10.1 Å². The number of ether oxygens (including phenoxy) is 12. The van der Waals surface area contributed by atoms with Crippen LogP contribution in [0, 0.1) is 0 Å². The molecule has 0 heterocycles. The third kappa shape index (κ3) is 37.0. The first-order valence-electron chi connectivity index (χ1n) is 14.4. The van der Waals surface area contributed by atoms with Gasteiger partial charge >= 0.3 is 5.97 Å². The van der Waals surface area contributed by atoms with Gasteiger partial charge in [-0.05, 0) is 7.05 Å². The summed E-state index contributed by atoms with van der Waals surface area (Å²) in [6.45, 7) is 12.0. The van der Waals surface area contributed by atoms with Crippen molar-refractivity contribution in [3.63, 3.8) is 0 Å². The minimum absolute atomic E-state index is 0.246. The van der Waals surface area contributed by atoms with Crippen LogP contribution in [-0.4, -0.2) is 172 Å². The standard InChI is InChI=1S/C27H55NO13/c1-28-4-6-32-8-10-34-12-14-36-16-18-38-20-22-40-24-26-41-25-23-39-21-19-37-17-15-35-13-11-33-9-7-31-5-3-27(29)30-2/h28H,3-26H2,1-2H3. The molecule has 0 unspecified atom stereocenters. The van der Waals surface area contributed by atoms with Crippen molar-refractivity contribution in [2.45, 2.75) is 6.42 Å². The van der Waals surface area contributed by atoms with Crippen LogP contribution in [0.5, 0.6) is 0 Å². The van der Waals surface area contributed by atoms with E-state index in [4.69, 9.17) is 52.1 Å². The lowest BCUT2D eigenvalue weighted by Gasteiger charge is -2.09. The van der Waals surface area contributed by atoms with E-state index in [0.717, 1.165) is 6.54 Å². The van der Waals surface area contributed by atoms with Gasteiger partial charge in [-0.1, -0.05) is 0 Å². The van der Waals surface area contributed by atoms with Crippen LogP contribution in [-0.2, 0) is 61.6 Å². The van der Waals surface area contributed by atoms with Crippen LogP contribution in [0.25, 0.3) is 0 Å². The largest absolute Gasteiger partial charge is 0.469 e. The second-order valence-electron chi connectivity index (χ2n) is 8.17. The summed E-state index contributed by atoms with van der Waals surface area (Å²) in [5.41, 5.74) is 0. The molecule has 246 valence electrons. The predicted molar refractivity (Wildman–Crippen MR) is 150 cm³/mol. The van der Waals surface area contributed by atoms with E-state index in [1.807, 2.05) is 7.05 Å². The molecule has 0 atom stereocenters. The summed E-state index contributed by atoms with van der Waals surface area (Å²) >= 11 is 0. The molecule has 0 bridgehead atoms. The van der Waals surface area contributed by atoms with Crippen LogP contribution < -0.4 is 5.32 Å². The van der Waals surface area contributed by atoms with Gasteiger partial charge in [-0.25, -0.2) is 0 Å². The van der Waals surface area contributed by atoms with Crippen molar-refractivity contribution in [2.24, 2.45) is 0 Å². The van der Waals surface area contributed by atoms with E-state index in [1.54, 1.807) is 0 Å². The maximum atomic E-state index is 10.9. The molecule has 0 radical (unpaired) electrons. The van der Waals surface area contributed by atoms with Gasteiger partial charge in [-0.2, -0.15) is 0 Å².